The molecule has 1 unspecified atom stereocenters. The minimum Gasteiger partial charge on any atom is -0.496 e. The highest BCUT2D eigenvalue weighted by Crippen LogP contribution is 2.24. The Kier molecular flexibility index (Phi) is 3.88. The molecule has 1 atom stereocenters. The van der Waals surface area contributed by atoms with E-state index < -0.39 is 16.1 Å². The summed E-state index contributed by atoms with van der Waals surface area (Å²) in [5.74, 6) is 0.477. The highest BCUT2D eigenvalue weighted by atomic mass is 32.2. The van der Waals surface area contributed by atoms with Crippen LogP contribution in [0.25, 0.3) is 0 Å². The van der Waals surface area contributed by atoms with Crippen molar-refractivity contribution < 1.29 is 13.2 Å². The zero-order valence-electron chi connectivity index (χ0n) is 8.97. The maximum absolute atomic E-state index is 11.1. The van der Waals surface area contributed by atoms with E-state index in [9.17, 15) is 8.42 Å². The van der Waals surface area contributed by atoms with E-state index in [0.717, 1.165) is 6.26 Å². The number of nitrogens with zero attached hydrogens (tertiary/aromatic N) is 1. The number of nitrogens with one attached hydrogen (secondary N) is 1. The largest absolute Gasteiger partial charge is 0.496 e. The summed E-state index contributed by atoms with van der Waals surface area (Å²) in [5.41, 5.74) is 0.498. The van der Waals surface area contributed by atoms with Gasteiger partial charge in [-0.25, -0.2) is 8.42 Å². The van der Waals surface area contributed by atoms with Crippen molar-refractivity contribution in [2.75, 3.05) is 13.4 Å². The van der Waals surface area contributed by atoms with Crippen LogP contribution in [-0.2, 0) is 10.0 Å². The average molecular weight is 240 g/mol. The molecule has 1 rings (SSSR count). The molecule has 0 aromatic heterocycles. The predicted octanol–water partition coefficient (Wildman–Crippen LogP) is 0.809. The number of hydrogen-bond acceptors (Lipinski definition) is 4. The summed E-state index contributed by atoms with van der Waals surface area (Å²) in [7, 11) is -1.97. The van der Waals surface area contributed by atoms with Gasteiger partial charge >= 0.3 is 0 Å². The zero-order valence-corrected chi connectivity index (χ0v) is 9.78. The third kappa shape index (κ3) is 3.22. The number of sulfonamides is 1. The van der Waals surface area contributed by atoms with Gasteiger partial charge in [-0.1, -0.05) is 18.2 Å². The fraction of sp³-hybridized carbons (Fsp3) is 0.300. The molecule has 0 aliphatic rings. The van der Waals surface area contributed by atoms with Gasteiger partial charge in [0.05, 0.1) is 19.4 Å². The van der Waals surface area contributed by atoms with Crippen LogP contribution in [0.15, 0.2) is 24.3 Å². The lowest BCUT2D eigenvalue weighted by Crippen LogP contribution is -2.26. The van der Waals surface area contributed by atoms with Crippen LogP contribution in [0.5, 0.6) is 5.75 Å². The first-order valence-corrected chi connectivity index (χ1v) is 6.37. The third-order valence-electron chi connectivity index (χ3n) is 1.91. The van der Waals surface area contributed by atoms with E-state index in [0.29, 0.717) is 11.3 Å². The number of nitriles is 1. The second-order valence-corrected chi connectivity index (χ2v) is 4.97. The van der Waals surface area contributed by atoms with Gasteiger partial charge in [0.15, 0.2) is 0 Å². The first kappa shape index (κ1) is 12.5. The summed E-state index contributed by atoms with van der Waals surface area (Å²) in [6.07, 6.45) is 1.01. The highest BCUT2D eigenvalue weighted by molar-refractivity contribution is 7.88. The molecule has 0 aliphatic heterocycles. The Morgan fingerprint density at radius 3 is 2.56 bits per heavy atom. The van der Waals surface area contributed by atoms with Crippen molar-refractivity contribution in [2.45, 2.75) is 6.04 Å². The fourth-order valence-corrected chi connectivity index (χ4v) is 1.89. The monoisotopic (exact) mass is 240 g/mol. The van der Waals surface area contributed by atoms with Crippen LogP contribution in [0.2, 0.25) is 0 Å². The normalized spacial score (nSPS) is 12.8. The molecule has 0 heterocycles. The summed E-state index contributed by atoms with van der Waals surface area (Å²) in [6, 6.07) is 7.72. The molecule has 0 aliphatic carbocycles. The first-order valence-electron chi connectivity index (χ1n) is 4.48. The van der Waals surface area contributed by atoms with Crippen LogP contribution < -0.4 is 9.46 Å². The van der Waals surface area contributed by atoms with E-state index in [1.54, 1.807) is 24.3 Å². The molecule has 0 fully saturated rings. The standard InChI is InChI=1S/C10H12N2O3S/c1-15-10-6-4-3-5-8(10)9(7-11)12-16(2,13)14/h3-6,9,12H,1-2H3. The van der Waals surface area contributed by atoms with E-state index in [4.69, 9.17) is 10.00 Å². The minimum atomic E-state index is -3.44. The second kappa shape index (κ2) is 4.96. The van der Waals surface area contributed by atoms with Gasteiger partial charge < -0.3 is 4.74 Å². The van der Waals surface area contributed by atoms with E-state index in [1.165, 1.54) is 7.11 Å². The Bertz CT molecular complexity index is 505. The maximum Gasteiger partial charge on any atom is 0.210 e. The SMILES string of the molecule is COc1ccccc1C(C#N)NS(C)(=O)=O. The number of methoxy groups -OCH3 is 1. The van der Waals surface area contributed by atoms with E-state index in [2.05, 4.69) is 4.72 Å². The Hall–Kier alpha value is -1.58. The van der Waals surface area contributed by atoms with Gasteiger partial charge in [0.25, 0.3) is 0 Å². The van der Waals surface area contributed by atoms with Gasteiger partial charge in [-0.3, -0.25) is 0 Å². The van der Waals surface area contributed by atoms with Crippen LogP contribution in [0.1, 0.15) is 11.6 Å². The van der Waals surface area contributed by atoms with Crippen molar-refractivity contribution in [3.8, 4) is 11.8 Å². The van der Waals surface area contributed by atoms with Gasteiger partial charge in [-0.15, -0.1) is 0 Å². The molecule has 1 aromatic carbocycles. The van der Waals surface area contributed by atoms with Gasteiger partial charge in [-0.2, -0.15) is 9.98 Å². The molecule has 0 spiro atoms. The van der Waals surface area contributed by atoms with Crippen LogP contribution in [0.4, 0.5) is 0 Å². The number of ether oxygens (including phenoxy) is 1. The van der Waals surface area contributed by atoms with Gasteiger partial charge in [0, 0.05) is 5.56 Å². The molecule has 5 nitrogen and oxygen atoms in total. The molecule has 0 saturated heterocycles. The van der Waals surface area contributed by atoms with Crippen LogP contribution in [0, 0.1) is 11.3 Å². The summed E-state index contributed by atoms with van der Waals surface area (Å²) in [5, 5.41) is 8.93. The third-order valence-corrected chi connectivity index (χ3v) is 2.57. The van der Waals surface area contributed by atoms with Crippen LogP contribution in [0.3, 0.4) is 0 Å². The lowest BCUT2D eigenvalue weighted by Gasteiger charge is -2.13. The summed E-state index contributed by atoms with van der Waals surface area (Å²) in [4.78, 5) is 0. The topological polar surface area (TPSA) is 79.2 Å². The molecular formula is C10H12N2O3S. The molecule has 16 heavy (non-hydrogen) atoms. The Morgan fingerprint density at radius 1 is 1.44 bits per heavy atom. The molecule has 0 radical (unpaired) electrons. The molecule has 0 saturated carbocycles. The number of hydrogen-bond donors (Lipinski definition) is 1. The average Bonchev–Trinajstić information content (AvgIpc) is 2.24. The van der Waals surface area contributed by atoms with Gasteiger partial charge in [-0.05, 0) is 6.07 Å². The highest BCUT2D eigenvalue weighted by Gasteiger charge is 2.18. The Balaban J connectivity index is 3.10. The molecule has 6 heteroatoms. The summed E-state index contributed by atoms with van der Waals surface area (Å²) >= 11 is 0. The summed E-state index contributed by atoms with van der Waals surface area (Å²) in [6.45, 7) is 0. The van der Waals surface area contributed by atoms with Crippen molar-refractivity contribution in [3.63, 3.8) is 0 Å². The first-order chi connectivity index (χ1) is 7.48. The zero-order chi connectivity index (χ0) is 12.2. The summed E-state index contributed by atoms with van der Waals surface area (Å²) < 4.78 is 29.4. The van der Waals surface area contributed by atoms with Crippen molar-refractivity contribution in [1.82, 2.24) is 4.72 Å². The van der Waals surface area contributed by atoms with Crippen molar-refractivity contribution in [2.24, 2.45) is 0 Å². The Labute approximate surface area is 94.7 Å². The number of para-hydroxylation sites is 1. The number of benzene rings is 1. The quantitative estimate of drug-likeness (QED) is 0.844. The molecular weight excluding hydrogens is 228 g/mol. The molecule has 0 bridgehead atoms. The van der Waals surface area contributed by atoms with Gasteiger partial charge in [0.2, 0.25) is 10.0 Å². The van der Waals surface area contributed by atoms with E-state index in [1.807, 2.05) is 6.07 Å². The molecule has 1 aromatic rings. The minimum absolute atomic E-state index is 0.477. The van der Waals surface area contributed by atoms with Crippen molar-refractivity contribution in [3.05, 3.63) is 29.8 Å². The van der Waals surface area contributed by atoms with Crippen molar-refractivity contribution in [1.29, 1.82) is 5.26 Å². The lowest BCUT2D eigenvalue weighted by atomic mass is 10.1. The van der Waals surface area contributed by atoms with Gasteiger partial charge in [0.1, 0.15) is 11.8 Å². The van der Waals surface area contributed by atoms with E-state index >= 15 is 0 Å². The molecule has 0 amide bonds. The van der Waals surface area contributed by atoms with Crippen LogP contribution in [-0.4, -0.2) is 21.8 Å². The maximum atomic E-state index is 11.1. The van der Waals surface area contributed by atoms with Crippen LogP contribution >= 0.6 is 0 Å². The van der Waals surface area contributed by atoms with Crippen molar-refractivity contribution >= 4 is 10.0 Å². The van der Waals surface area contributed by atoms with E-state index in [-0.39, 0.29) is 0 Å². The fourth-order valence-electron chi connectivity index (χ4n) is 1.28. The molecule has 1 N–H and O–H groups in total. The lowest BCUT2D eigenvalue weighted by molar-refractivity contribution is 0.407. The predicted molar refractivity (Wildman–Crippen MR) is 59.3 cm³/mol. The second-order valence-electron chi connectivity index (χ2n) is 3.19. The Morgan fingerprint density at radius 2 is 2.06 bits per heavy atom. The number of rotatable bonds is 4. The smallest absolute Gasteiger partial charge is 0.210 e. The molecule has 86 valence electrons.